The molecule has 1 aliphatic heterocycles. The highest BCUT2D eigenvalue weighted by Crippen LogP contribution is 2.23. The number of rotatable bonds is 5. The molecule has 1 saturated heterocycles. The van der Waals surface area contributed by atoms with Crippen molar-refractivity contribution < 1.29 is 4.79 Å². The van der Waals surface area contributed by atoms with Gasteiger partial charge in [0.1, 0.15) is 0 Å². The summed E-state index contributed by atoms with van der Waals surface area (Å²) in [6.45, 7) is 3.67. The Morgan fingerprint density at radius 3 is 2.91 bits per heavy atom. The summed E-state index contributed by atoms with van der Waals surface area (Å²) in [5, 5.41) is 0. The third-order valence-corrected chi connectivity index (χ3v) is 4.78. The molecule has 0 saturated carbocycles. The zero-order valence-electron chi connectivity index (χ0n) is 12.8. The molecule has 2 N–H and O–H groups in total. The monoisotopic (exact) mass is 365 g/mol. The Bertz CT molecular complexity index is 436. The van der Waals surface area contributed by atoms with E-state index in [0.29, 0.717) is 18.2 Å². The Morgan fingerprint density at radius 2 is 2.27 bits per heavy atom. The lowest BCUT2D eigenvalue weighted by molar-refractivity contribution is -0.132. The van der Waals surface area contributed by atoms with E-state index in [1.165, 1.54) is 0 Å². The summed E-state index contributed by atoms with van der Waals surface area (Å²) in [4.78, 5) is 18.4. The van der Waals surface area contributed by atoms with Gasteiger partial charge in [-0.1, -0.05) is 13.0 Å². The molecule has 22 heavy (non-hydrogen) atoms. The summed E-state index contributed by atoms with van der Waals surface area (Å²) in [7, 11) is 0. The van der Waals surface area contributed by atoms with Crippen LogP contribution in [0.15, 0.2) is 24.5 Å². The Kier molecular flexibility index (Phi) is 10.9. The summed E-state index contributed by atoms with van der Waals surface area (Å²) in [5.74, 6) is 2.26. The maximum atomic E-state index is 12.3. The first kappa shape index (κ1) is 21.5. The van der Waals surface area contributed by atoms with E-state index in [1.54, 1.807) is 18.0 Å². The molecule has 1 aromatic rings. The molecule has 1 aromatic heterocycles. The first-order valence-corrected chi connectivity index (χ1v) is 8.32. The Morgan fingerprint density at radius 1 is 1.50 bits per heavy atom. The molecule has 7 heteroatoms. The number of hydrogen-bond donors (Lipinski definition) is 1. The van der Waals surface area contributed by atoms with Gasteiger partial charge < -0.3 is 10.6 Å². The molecular weight excluding hydrogens is 341 g/mol. The zero-order chi connectivity index (χ0) is 14.4. The highest BCUT2D eigenvalue weighted by Gasteiger charge is 2.28. The van der Waals surface area contributed by atoms with E-state index in [0.717, 1.165) is 30.7 Å². The average molecular weight is 366 g/mol. The fourth-order valence-corrected chi connectivity index (χ4v) is 3.47. The van der Waals surface area contributed by atoms with Crippen molar-refractivity contribution in [3.05, 3.63) is 30.1 Å². The van der Waals surface area contributed by atoms with Gasteiger partial charge in [-0.3, -0.25) is 9.78 Å². The summed E-state index contributed by atoms with van der Waals surface area (Å²) < 4.78 is 0. The van der Waals surface area contributed by atoms with Gasteiger partial charge in [-0.25, -0.2) is 0 Å². The molecule has 2 heterocycles. The number of nitrogens with zero attached hydrogens (tertiary/aromatic N) is 2. The van der Waals surface area contributed by atoms with Crippen molar-refractivity contribution in [2.24, 2.45) is 11.7 Å². The Hall–Kier alpha value is -0.490. The van der Waals surface area contributed by atoms with Crippen LogP contribution in [-0.2, 0) is 10.5 Å². The van der Waals surface area contributed by atoms with Crippen LogP contribution in [0.3, 0.4) is 0 Å². The molecule has 0 aromatic carbocycles. The van der Waals surface area contributed by atoms with Gasteiger partial charge in [0.05, 0.1) is 5.75 Å². The Labute approximate surface area is 149 Å². The van der Waals surface area contributed by atoms with Crippen LogP contribution in [0.2, 0.25) is 0 Å². The third-order valence-electron chi connectivity index (χ3n) is 3.79. The first-order valence-electron chi connectivity index (χ1n) is 7.17. The van der Waals surface area contributed by atoms with Crippen molar-refractivity contribution in [1.82, 2.24) is 9.88 Å². The molecule has 2 unspecified atom stereocenters. The fourth-order valence-electron chi connectivity index (χ4n) is 2.63. The highest BCUT2D eigenvalue weighted by atomic mass is 35.5. The van der Waals surface area contributed by atoms with Gasteiger partial charge in [0.15, 0.2) is 0 Å². The number of halogens is 2. The number of thioether (sulfide) groups is 1. The maximum Gasteiger partial charge on any atom is 0.232 e. The van der Waals surface area contributed by atoms with Crippen molar-refractivity contribution in [1.29, 1.82) is 0 Å². The lowest BCUT2D eigenvalue weighted by atomic mass is 9.92. The first-order chi connectivity index (χ1) is 9.70. The van der Waals surface area contributed by atoms with Crippen LogP contribution in [0, 0.1) is 5.92 Å². The van der Waals surface area contributed by atoms with E-state index < -0.39 is 0 Å². The third kappa shape index (κ3) is 6.32. The topological polar surface area (TPSA) is 59.2 Å². The van der Waals surface area contributed by atoms with Crippen LogP contribution >= 0.6 is 36.6 Å². The number of nitrogens with two attached hydrogens (primary N) is 1. The van der Waals surface area contributed by atoms with E-state index in [9.17, 15) is 4.79 Å². The van der Waals surface area contributed by atoms with Crippen LogP contribution in [0.25, 0.3) is 0 Å². The normalized spacial score (nSPS) is 20.7. The molecule has 1 aliphatic rings. The van der Waals surface area contributed by atoms with Gasteiger partial charge in [0.2, 0.25) is 5.91 Å². The van der Waals surface area contributed by atoms with Gasteiger partial charge in [-0.15, -0.1) is 36.6 Å². The van der Waals surface area contributed by atoms with Crippen LogP contribution in [0.5, 0.6) is 0 Å². The van der Waals surface area contributed by atoms with Crippen molar-refractivity contribution in [3.8, 4) is 0 Å². The van der Waals surface area contributed by atoms with E-state index in [1.807, 2.05) is 23.2 Å². The predicted octanol–water partition coefficient (Wildman–Crippen LogP) is 2.74. The Balaban J connectivity index is 0.00000220. The molecule has 2 atom stereocenters. The summed E-state index contributed by atoms with van der Waals surface area (Å²) in [6, 6.07) is 4.19. The molecule has 0 aliphatic carbocycles. The van der Waals surface area contributed by atoms with Crippen LogP contribution in [-0.4, -0.2) is 40.7 Å². The van der Waals surface area contributed by atoms with Crippen molar-refractivity contribution >= 4 is 42.5 Å². The second-order valence-corrected chi connectivity index (χ2v) is 6.45. The predicted molar refractivity (Wildman–Crippen MR) is 97.8 cm³/mol. The van der Waals surface area contributed by atoms with Crippen molar-refractivity contribution in [2.45, 2.75) is 31.6 Å². The molecule has 2 rings (SSSR count). The molecule has 126 valence electrons. The quantitative estimate of drug-likeness (QED) is 0.871. The standard InChI is InChI=1S/C15H23N3OS.2ClH/c1-12-4-6-18(14(7-12)8-16)15(19)11-20-10-13-3-2-5-17-9-13;;/h2-3,5,9,12,14H,4,6-8,10-11,16H2,1H3;2*1H. The van der Waals surface area contributed by atoms with Crippen LogP contribution in [0.1, 0.15) is 25.3 Å². The van der Waals surface area contributed by atoms with Gasteiger partial charge in [0, 0.05) is 37.3 Å². The smallest absolute Gasteiger partial charge is 0.232 e. The van der Waals surface area contributed by atoms with E-state index in [4.69, 9.17) is 5.73 Å². The summed E-state index contributed by atoms with van der Waals surface area (Å²) in [5.41, 5.74) is 6.96. The minimum Gasteiger partial charge on any atom is -0.338 e. The molecular formula is C15H25Cl2N3OS. The minimum absolute atomic E-state index is 0. The molecule has 0 bridgehead atoms. The van der Waals surface area contributed by atoms with Gasteiger partial charge in [-0.05, 0) is 30.4 Å². The highest BCUT2D eigenvalue weighted by molar-refractivity contribution is 7.99. The van der Waals surface area contributed by atoms with Crippen LogP contribution < -0.4 is 5.73 Å². The van der Waals surface area contributed by atoms with Crippen molar-refractivity contribution in [3.63, 3.8) is 0 Å². The number of likely N-dealkylation sites (tertiary alicyclic amines) is 1. The number of carbonyl (C=O) groups excluding carboxylic acids is 1. The van der Waals surface area contributed by atoms with Gasteiger partial charge >= 0.3 is 0 Å². The van der Waals surface area contributed by atoms with Gasteiger partial charge in [-0.2, -0.15) is 0 Å². The summed E-state index contributed by atoms with van der Waals surface area (Å²) in [6.07, 6.45) is 5.74. The second-order valence-electron chi connectivity index (χ2n) is 5.46. The number of aromatic nitrogens is 1. The molecule has 0 spiro atoms. The SMILES string of the molecule is CC1CCN(C(=O)CSCc2cccnc2)C(CN)C1.Cl.Cl. The minimum atomic E-state index is 0. The number of piperidine rings is 1. The molecule has 1 amide bonds. The zero-order valence-corrected chi connectivity index (χ0v) is 15.3. The average Bonchev–Trinajstić information content (AvgIpc) is 2.48. The number of pyridine rings is 1. The fraction of sp³-hybridized carbons (Fsp3) is 0.600. The lowest BCUT2D eigenvalue weighted by Gasteiger charge is -2.38. The van der Waals surface area contributed by atoms with E-state index >= 15 is 0 Å². The lowest BCUT2D eigenvalue weighted by Crippen LogP contribution is -2.49. The van der Waals surface area contributed by atoms with E-state index in [2.05, 4.69) is 11.9 Å². The number of amides is 1. The van der Waals surface area contributed by atoms with Crippen molar-refractivity contribution in [2.75, 3.05) is 18.8 Å². The molecule has 4 nitrogen and oxygen atoms in total. The van der Waals surface area contributed by atoms with E-state index in [-0.39, 0.29) is 36.8 Å². The van der Waals surface area contributed by atoms with Gasteiger partial charge in [0.25, 0.3) is 0 Å². The van der Waals surface area contributed by atoms with Crippen LogP contribution in [0.4, 0.5) is 0 Å². The molecule has 0 radical (unpaired) electrons. The maximum absolute atomic E-state index is 12.3. The second kappa shape index (κ2) is 11.1. The summed E-state index contributed by atoms with van der Waals surface area (Å²) >= 11 is 1.65. The largest absolute Gasteiger partial charge is 0.338 e. The number of carbonyl (C=O) groups is 1. The molecule has 1 fully saturated rings. The number of hydrogen-bond acceptors (Lipinski definition) is 4.